The number of nitrogens with zero attached hydrogens (tertiary/aromatic N) is 3. The van der Waals surface area contributed by atoms with Crippen molar-refractivity contribution in [2.75, 3.05) is 5.01 Å². The molecule has 0 aliphatic carbocycles. The average molecular weight is 514 g/mol. The summed E-state index contributed by atoms with van der Waals surface area (Å²) in [5, 5.41) is -0.805. The van der Waals surface area contributed by atoms with Gasteiger partial charge in [-0.2, -0.15) is 44.9 Å². The Balaban J connectivity index is 2.26. The minimum atomic E-state index is -5.38. The first kappa shape index (κ1) is 24.5. The molecule has 0 saturated carbocycles. The normalized spacial score (nSPS) is 22.2. The van der Waals surface area contributed by atoms with Crippen LogP contribution in [0.1, 0.15) is 18.9 Å². The molecule has 1 unspecified atom stereocenters. The van der Waals surface area contributed by atoms with Gasteiger partial charge in [0.2, 0.25) is 5.84 Å². The van der Waals surface area contributed by atoms with Crippen molar-refractivity contribution in [3.63, 3.8) is 0 Å². The maximum atomic E-state index is 13.6. The van der Waals surface area contributed by atoms with Crippen LogP contribution in [0.2, 0.25) is 10.0 Å². The number of nitrogens with one attached hydrogen (secondary N) is 1. The molecule has 5 nitrogen and oxygen atoms in total. The molecule has 2 heterocycles. The lowest BCUT2D eigenvalue weighted by atomic mass is 9.92. The Labute approximate surface area is 183 Å². The Morgan fingerprint density at radius 3 is 1.91 bits per heavy atom. The van der Waals surface area contributed by atoms with Crippen LogP contribution in [0.15, 0.2) is 33.5 Å². The monoisotopic (exact) mass is 513 g/mol. The molecule has 0 spiro atoms. The second kappa shape index (κ2) is 7.42. The molecular weight excluding hydrogens is 504 g/mol. The highest BCUT2D eigenvalue weighted by Crippen LogP contribution is 2.47. The molecule has 0 aromatic heterocycles. The van der Waals surface area contributed by atoms with Gasteiger partial charge in [-0.25, -0.2) is 9.98 Å². The number of fused-ring (bicyclic) bond motifs is 1. The fourth-order valence-corrected chi connectivity index (χ4v) is 3.83. The van der Waals surface area contributed by atoms with E-state index in [0.29, 0.717) is 17.1 Å². The molecule has 3 N–H and O–H groups in total. The first-order chi connectivity index (χ1) is 14.4. The third-order valence-corrected chi connectivity index (χ3v) is 5.14. The highest BCUT2D eigenvalue weighted by Gasteiger charge is 2.57. The maximum Gasteiger partial charge on any atom is 0.451 e. The average Bonchev–Trinajstić information content (AvgIpc) is 2.91. The fourth-order valence-electron chi connectivity index (χ4n) is 3.18. The molecule has 1 aromatic rings. The number of aliphatic imine (C=N–C) groups is 2. The summed E-state index contributed by atoms with van der Waals surface area (Å²) in [5.74, 6) is -2.90. The van der Waals surface area contributed by atoms with Gasteiger partial charge in [-0.15, -0.1) is 0 Å². The van der Waals surface area contributed by atoms with E-state index in [0.717, 1.165) is 0 Å². The van der Waals surface area contributed by atoms with Crippen molar-refractivity contribution in [3.8, 4) is 0 Å². The van der Waals surface area contributed by atoms with Gasteiger partial charge >= 0.3 is 18.5 Å². The van der Waals surface area contributed by atoms with E-state index in [1.165, 1.54) is 6.92 Å². The molecule has 2 aliphatic rings. The molecule has 1 atom stereocenters. The Morgan fingerprint density at radius 2 is 1.50 bits per heavy atom. The lowest BCUT2D eigenvalue weighted by Gasteiger charge is -2.33. The fraction of sp³-hybridized carbons (Fsp3) is 0.375. The predicted octanol–water partition coefficient (Wildman–Crippen LogP) is 5.59. The van der Waals surface area contributed by atoms with Crippen LogP contribution < -0.4 is 16.2 Å². The molecule has 0 bridgehead atoms. The van der Waals surface area contributed by atoms with E-state index in [9.17, 15) is 39.5 Å². The third kappa shape index (κ3) is 3.99. The van der Waals surface area contributed by atoms with Gasteiger partial charge in [-0.3, -0.25) is 5.01 Å². The molecule has 1 aromatic carbocycles. The zero-order valence-corrected chi connectivity index (χ0v) is 17.0. The van der Waals surface area contributed by atoms with Crippen molar-refractivity contribution in [2.24, 2.45) is 15.7 Å². The van der Waals surface area contributed by atoms with Crippen molar-refractivity contribution >= 4 is 40.4 Å². The minimum absolute atomic E-state index is 0.437. The van der Waals surface area contributed by atoms with E-state index in [1.807, 2.05) is 0 Å². The van der Waals surface area contributed by atoms with Gasteiger partial charge in [0.25, 0.3) is 0 Å². The predicted molar refractivity (Wildman–Crippen MR) is 98.3 cm³/mol. The molecule has 0 radical (unpaired) electrons. The summed E-state index contributed by atoms with van der Waals surface area (Å²) in [6, 6.07) is 0.873. The quantitative estimate of drug-likeness (QED) is 0.506. The van der Waals surface area contributed by atoms with E-state index in [1.54, 1.807) is 0 Å². The highest BCUT2D eigenvalue weighted by atomic mass is 35.5. The van der Waals surface area contributed by atoms with Gasteiger partial charge in [0.05, 0.1) is 26.9 Å². The number of nitrogens with two attached hydrogens (primary N) is 1. The lowest BCUT2D eigenvalue weighted by Crippen LogP contribution is -2.52. The Kier molecular flexibility index (Phi) is 5.67. The van der Waals surface area contributed by atoms with E-state index in [2.05, 4.69) is 15.4 Å². The molecule has 0 amide bonds. The van der Waals surface area contributed by atoms with Gasteiger partial charge in [0.1, 0.15) is 5.82 Å². The second-order valence-corrected chi connectivity index (χ2v) is 7.41. The summed E-state index contributed by atoms with van der Waals surface area (Å²) >= 11 is 11.8. The van der Waals surface area contributed by atoms with Gasteiger partial charge < -0.3 is 5.73 Å². The summed E-state index contributed by atoms with van der Waals surface area (Å²) in [4.78, 5) is 5.95. The number of amidine groups is 1. The first-order valence-corrected chi connectivity index (χ1v) is 9.15. The van der Waals surface area contributed by atoms with E-state index >= 15 is 0 Å². The standard InChI is InChI=1S/C16H10Cl2F9N5/c1-2-13-8(10(15(22,23)24)29-12(30-13)16(25,26)27)11(28)32(31-13)9-6(17)3-5(4-7(9)18)14(19,20)21/h3-4,31H,2,28H2,1H3. The second-order valence-electron chi connectivity index (χ2n) is 6.60. The number of anilines is 1. The number of benzene rings is 1. The van der Waals surface area contributed by atoms with Gasteiger partial charge in [0, 0.05) is 0 Å². The van der Waals surface area contributed by atoms with Crippen LogP contribution in [-0.2, 0) is 6.18 Å². The lowest BCUT2D eigenvalue weighted by molar-refractivity contribution is -0.137. The van der Waals surface area contributed by atoms with Crippen LogP contribution in [0.3, 0.4) is 0 Å². The molecular formula is C16H10Cl2F9N5. The number of hydrogen-bond donors (Lipinski definition) is 2. The number of halogens is 11. The van der Waals surface area contributed by atoms with E-state index in [-0.39, 0.29) is 0 Å². The van der Waals surface area contributed by atoms with Crippen LogP contribution in [0.25, 0.3) is 0 Å². The summed E-state index contributed by atoms with van der Waals surface area (Å²) in [6.07, 6.45) is -16.0. The summed E-state index contributed by atoms with van der Waals surface area (Å²) in [7, 11) is 0. The van der Waals surface area contributed by atoms with Crippen molar-refractivity contribution in [1.29, 1.82) is 0 Å². The maximum absolute atomic E-state index is 13.6. The zero-order chi connectivity index (χ0) is 24.4. The van der Waals surface area contributed by atoms with Crippen molar-refractivity contribution < 1.29 is 39.5 Å². The first-order valence-electron chi connectivity index (χ1n) is 8.40. The van der Waals surface area contributed by atoms with Crippen molar-refractivity contribution in [2.45, 2.75) is 37.5 Å². The molecule has 32 heavy (non-hydrogen) atoms. The highest BCUT2D eigenvalue weighted by molar-refractivity contribution is 6.39. The Hall–Kier alpha value is -2.19. The van der Waals surface area contributed by atoms with Gasteiger partial charge in [0.15, 0.2) is 11.4 Å². The number of hydrazine groups is 1. The molecule has 0 fully saturated rings. The van der Waals surface area contributed by atoms with Crippen LogP contribution >= 0.6 is 23.2 Å². The molecule has 3 rings (SSSR count). The zero-order valence-electron chi connectivity index (χ0n) is 15.4. The van der Waals surface area contributed by atoms with Crippen LogP contribution in [-0.4, -0.2) is 29.6 Å². The van der Waals surface area contributed by atoms with Gasteiger partial charge in [-0.05, 0) is 18.6 Å². The summed E-state index contributed by atoms with van der Waals surface area (Å²) in [5.41, 5.74) is 0.996. The SMILES string of the molecule is CCC12N=C(C(F)(F)F)N=C(C(F)(F)F)C1=C(N)N(c1c(Cl)cc(C(F)(F)F)cc1Cl)N2. The van der Waals surface area contributed by atoms with Crippen molar-refractivity contribution in [3.05, 3.63) is 39.1 Å². The minimum Gasteiger partial charge on any atom is -0.384 e. The number of rotatable bonds is 2. The number of hydrogen-bond acceptors (Lipinski definition) is 5. The smallest absolute Gasteiger partial charge is 0.384 e. The summed E-state index contributed by atoms with van der Waals surface area (Å²) in [6.45, 7) is 1.22. The summed E-state index contributed by atoms with van der Waals surface area (Å²) < 4.78 is 120. The van der Waals surface area contributed by atoms with Crippen LogP contribution in [0.5, 0.6) is 0 Å². The van der Waals surface area contributed by atoms with E-state index in [4.69, 9.17) is 28.9 Å². The van der Waals surface area contributed by atoms with Crippen LogP contribution in [0.4, 0.5) is 45.2 Å². The number of alkyl halides is 9. The van der Waals surface area contributed by atoms with E-state index < -0.39 is 74.9 Å². The Bertz CT molecular complexity index is 1030. The molecule has 2 aliphatic heterocycles. The van der Waals surface area contributed by atoms with Gasteiger partial charge in [-0.1, -0.05) is 30.1 Å². The Morgan fingerprint density at radius 1 is 0.969 bits per heavy atom. The molecule has 0 saturated heterocycles. The molecule has 176 valence electrons. The topological polar surface area (TPSA) is 66.0 Å². The van der Waals surface area contributed by atoms with Crippen LogP contribution in [0, 0.1) is 0 Å². The van der Waals surface area contributed by atoms with Crippen molar-refractivity contribution in [1.82, 2.24) is 5.43 Å². The largest absolute Gasteiger partial charge is 0.451 e. The third-order valence-electron chi connectivity index (χ3n) is 4.56. The molecule has 16 heteroatoms.